The van der Waals surface area contributed by atoms with E-state index in [0.29, 0.717) is 37.3 Å². The zero-order valence-corrected chi connectivity index (χ0v) is 12.2. The maximum atomic E-state index is 12.5. The second kappa shape index (κ2) is 6.13. The summed E-state index contributed by atoms with van der Waals surface area (Å²) in [5.74, 6) is -0.338. The number of hydrogen-bond donors (Lipinski definition) is 1. The van der Waals surface area contributed by atoms with Gasteiger partial charge in [0, 0.05) is 44.6 Å². The average molecular weight is 302 g/mol. The van der Waals surface area contributed by atoms with Gasteiger partial charge in [0.2, 0.25) is 6.41 Å². The van der Waals surface area contributed by atoms with E-state index in [4.69, 9.17) is 0 Å². The molecule has 7 nitrogen and oxygen atoms in total. The van der Waals surface area contributed by atoms with Crippen LogP contribution < -0.4 is 5.32 Å². The molecule has 22 heavy (non-hydrogen) atoms. The van der Waals surface area contributed by atoms with Crippen LogP contribution in [-0.2, 0) is 4.79 Å². The molecule has 1 aliphatic heterocycles. The van der Waals surface area contributed by atoms with Gasteiger partial charge in [-0.05, 0) is 18.9 Å². The van der Waals surface area contributed by atoms with Crippen molar-refractivity contribution in [1.29, 1.82) is 0 Å². The van der Waals surface area contributed by atoms with Gasteiger partial charge in [-0.25, -0.2) is 0 Å². The summed E-state index contributed by atoms with van der Waals surface area (Å²) in [5, 5.41) is 2.88. The third-order valence-corrected chi connectivity index (χ3v) is 3.91. The minimum atomic E-state index is -0.185. The first-order chi connectivity index (χ1) is 10.7. The molecule has 7 heteroatoms. The molecule has 1 saturated heterocycles. The molecule has 0 bridgehead atoms. The molecule has 3 rings (SSSR count). The van der Waals surface area contributed by atoms with Crippen LogP contribution in [0.25, 0.3) is 0 Å². The van der Waals surface area contributed by atoms with Crippen LogP contribution in [0.15, 0.2) is 18.5 Å². The molecule has 1 aliphatic carbocycles. The maximum absolute atomic E-state index is 12.5. The molecule has 0 radical (unpaired) electrons. The summed E-state index contributed by atoms with van der Waals surface area (Å²) >= 11 is 0. The fourth-order valence-electron chi connectivity index (χ4n) is 2.39. The van der Waals surface area contributed by atoms with Gasteiger partial charge in [0.1, 0.15) is 0 Å². The Morgan fingerprint density at radius 2 is 1.82 bits per heavy atom. The van der Waals surface area contributed by atoms with Crippen molar-refractivity contribution in [2.45, 2.75) is 18.9 Å². The normalized spacial score (nSPS) is 18.0. The molecule has 0 atom stereocenters. The third-order valence-electron chi connectivity index (χ3n) is 3.91. The van der Waals surface area contributed by atoms with Gasteiger partial charge in [-0.1, -0.05) is 0 Å². The van der Waals surface area contributed by atoms with Crippen LogP contribution in [-0.4, -0.2) is 65.2 Å². The fourth-order valence-corrected chi connectivity index (χ4v) is 2.39. The quantitative estimate of drug-likeness (QED) is 0.787. The predicted octanol–water partition coefficient (Wildman–Crippen LogP) is -0.112. The monoisotopic (exact) mass is 302 g/mol. The lowest BCUT2D eigenvalue weighted by Crippen LogP contribution is -2.48. The Morgan fingerprint density at radius 1 is 1.14 bits per heavy atom. The van der Waals surface area contributed by atoms with Crippen molar-refractivity contribution >= 4 is 18.2 Å². The van der Waals surface area contributed by atoms with E-state index in [1.807, 2.05) is 0 Å². The maximum Gasteiger partial charge on any atom is 0.255 e. The zero-order valence-electron chi connectivity index (χ0n) is 12.2. The van der Waals surface area contributed by atoms with E-state index >= 15 is 0 Å². The lowest BCUT2D eigenvalue weighted by atomic mass is 10.1. The first-order valence-electron chi connectivity index (χ1n) is 7.42. The number of hydrogen-bond acceptors (Lipinski definition) is 4. The van der Waals surface area contributed by atoms with Gasteiger partial charge >= 0.3 is 0 Å². The average Bonchev–Trinajstić information content (AvgIpc) is 3.38. The molecule has 0 aromatic carbocycles. The second-order valence-electron chi connectivity index (χ2n) is 5.64. The summed E-state index contributed by atoms with van der Waals surface area (Å²) in [7, 11) is 0. The molecule has 3 amide bonds. The van der Waals surface area contributed by atoms with Crippen LogP contribution in [0.2, 0.25) is 0 Å². The van der Waals surface area contributed by atoms with E-state index in [2.05, 4.69) is 10.3 Å². The van der Waals surface area contributed by atoms with Crippen molar-refractivity contribution in [1.82, 2.24) is 20.1 Å². The van der Waals surface area contributed by atoms with Crippen molar-refractivity contribution in [3.63, 3.8) is 0 Å². The third kappa shape index (κ3) is 3.24. The molecule has 0 spiro atoms. The molecule has 1 aromatic rings. The topological polar surface area (TPSA) is 82.6 Å². The van der Waals surface area contributed by atoms with Crippen molar-refractivity contribution in [3.05, 3.63) is 29.6 Å². The van der Waals surface area contributed by atoms with Gasteiger partial charge in [0.05, 0.1) is 11.1 Å². The molecule has 1 aromatic heterocycles. The molecular formula is C15H18N4O3. The number of carbonyl (C=O) groups excluding carboxylic acids is 3. The van der Waals surface area contributed by atoms with Gasteiger partial charge in [-0.3, -0.25) is 19.4 Å². The molecule has 2 heterocycles. The van der Waals surface area contributed by atoms with Crippen molar-refractivity contribution < 1.29 is 14.4 Å². The minimum absolute atomic E-state index is 0.154. The van der Waals surface area contributed by atoms with Gasteiger partial charge in [-0.15, -0.1) is 0 Å². The van der Waals surface area contributed by atoms with E-state index in [-0.39, 0.29) is 17.9 Å². The number of nitrogens with one attached hydrogen (secondary N) is 1. The summed E-state index contributed by atoms with van der Waals surface area (Å²) in [6, 6.07) is 1.85. The summed E-state index contributed by atoms with van der Waals surface area (Å²) in [6.07, 6.45) is 5.77. The molecule has 2 aliphatic rings. The summed E-state index contributed by atoms with van der Waals surface area (Å²) in [5.41, 5.74) is 0.812. The van der Waals surface area contributed by atoms with Gasteiger partial charge in [-0.2, -0.15) is 0 Å². The molecule has 2 fully saturated rings. The number of carbonyl (C=O) groups is 3. The predicted molar refractivity (Wildman–Crippen MR) is 78.3 cm³/mol. The number of nitrogens with zero attached hydrogens (tertiary/aromatic N) is 3. The fraction of sp³-hybridized carbons (Fsp3) is 0.467. The number of rotatable bonds is 4. The summed E-state index contributed by atoms with van der Waals surface area (Å²) < 4.78 is 0. The summed E-state index contributed by atoms with van der Waals surface area (Å²) in [4.78, 5) is 42.5. The van der Waals surface area contributed by atoms with Crippen molar-refractivity contribution in [3.8, 4) is 0 Å². The molecule has 0 unspecified atom stereocenters. The van der Waals surface area contributed by atoms with Gasteiger partial charge in [0.15, 0.2) is 0 Å². The Balaban J connectivity index is 1.67. The minimum Gasteiger partial charge on any atom is -0.349 e. The lowest BCUT2D eigenvalue weighted by Gasteiger charge is -2.32. The van der Waals surface area contributed by atoms with Crippen LogP contribution in [0.1, 0.15) is 33.6 Å². The van der Waals surface area contributed by atoms with Crippen LogP contribution in [0.4, 0.5) is 0 Å². The summed E-state index contributed by atoms with van der Waals surface area (Å²) in [6.45, 7) is 2.06. The van der Waals surface area contributed by atoms with Crippen LogP contribution in [0.3, 0.4) is 0 Å². The van der Waals surface area contributed by atoms with Gasteiger partial charge in [0.25, 0.3) is 11.8 Å². The standard InChI is InChI=1S/C15H18N4O3/c20-10-18-3-5-19(6-4-18)15(22)12-7-11(8-16-9-12)14(21)17-13-1-2-13/h7-10,13H,1-6H2,(H,17,21). The molecule has 116 valence electrons. The second-order valence-corrected chi connectivity index (χ2v) is 5.64. The van der Waals surface area contributed by atoms with Crippen LogP contribution >= 0.6 is 0 Å². The first-order valence-corrected chi connectivity index (χ1v) is 7.42. The van der Waals surface area contributed by atoms with Crippen LogP contribution in [0, 0.1) is 0 Å². The van der Waals surface area contributed by atoms with E-state index in [0.717, 1.165) is 19.3 Å². The Bertz CT molecular complexity index is 592. The Morgan fingerprint density at radius 3 is 2.45 bits per heavy atom. The highest BCUT2D eigenvalue weighted by Crippen LogP contribution is 2.19. The molecule has 1 saturated carbocycles. The number of piperazine rings is 1. The first kappa shape index (κ1) is 14.5. The molecule has 1 N–H and O–H groups in total. The Labute approximate surface area is 128 Å². The van der Waals surface area contributed by atoms with E-state index < -0.39 is 0 Å². The Kier molecular flexibility index (Phi) is 4.04. The number of pyridine rings is 1. The highest BCUT2D eigenvalue weighted by atomic mass is 16.2. The highest BCUT2D eigenvalue weighted by molar-refractivity contribution is 5.99. The van der Waals surface area contributed by atoms with Crippen LogP contribution in [0.5, 0.6) is 0 Å². The SMILES string of the molecule is O=CN1CCN(C(=O)c2cncc(C(=O)NC3CC3)c2)CC1. The van der Waals surface area contributed by atoms with E-state index in [1.165, 1.54) is 12.4 Å². The largest absolute Gasteiger partial charge is 0.349 e. The lowest BCUT2D eigenvalue weighted by molar-refractivity contribution is -0.119. The smallest absolute Gasteiger partial charge is 0.255 e. The molecular weight excluding hydrogens is 284 g/mol. The zero-order chi connectivity index (χ0) is 15.5. The van der Waals surface area contributed by atoms with Crippen molar-refractivity contribution in [2.24, 2.45) is 0 Å². The van der Waals surface area contributed by atoms with Gasteiger partial charge < -0.3 is 15.1 Å². The Hall–Kier alpha value is -2.44. The van der Waals surface area contributed by atoms with E-state index in [1.54, 1.807) is 15.9 Å². The highest BCUT2D eigenvalue weighted by Gasteiger charge is 2.25. The number of aromatic nitrogens is 1. The number of amides is 3. The van der Waals surface area contributed by atoms with Crippen molar-refractivity contribution in [2.75, 3.05) is 26.2 Å². The van der Waals surface area contributed by atoms with E-state index in [9.17, 15) is 14.4 Å².